The van der Waals surface area contributed by atoms with Gasteiger partial charge in [-0.2, -0.15) is 0 Å². The number of aliphatic imine (C=N–C) groups is 1. The van der Waals surface area contributed by atoms with E-state index in [1.807, 2.05) is 18.4 Å². The van der Waals surface area contributed by atoms with Crippen molar-refractivity contribution in [2.45, 2.75) is 31.8 Å². The van der Waals surface area contributed by atoms with E-state index >= 15 is 0 Å². The van der Waals surface area contributed by atoms with Gasteiger partial charge in [-0.3, -0.25) is 4.99 Å². The molecule has 1 aliphatic heterocycles. The summed E-state index contributed by atoms with van der Waals surface area (Å²) in [5.41, 5.74) is 0.148. The largest absolute Gasteiger partial charge is 0.381 e. The molecule has 2 N–H and O–H groups in total. The van der Waals surface area contributed by atoms with E-state index in [1.54, 1.807) is 0 Å². The third kappa shape index (κ3) is 4.44. The number of hydrogen-bond donors (Lipinski definition) is 2. The molecule has 0 saturated carbocycles. The first-order valence-corrected chi connectivity index (χ1v) is 8.62. The van der Waals surface area contributed by atoms with Crippen molar-refractivity contribution in [3.63, 3.8) is 0 Å². The van der Waals surface area contributed by atoms with Gasteiger partial charge in [0.15, 0.2) is 5.96 Å². The molecule has 0 unspecified atom stereocenters. The van der Waals surface area contributed by atoms with E-state index in [1.165, 1.54) is 9.75 Å². The molecule has 5 nitrogen and oxygen atoms in total. The van der Waals surface area contributed by atoms with E-state index in [2.05, 4.69) is 53.7 Å². The fourth-order valence-corrected chi connectivity index (χ4v) is 3.58. The molecule has 22 heavy (non-hydrogen) atoms. The average Bonchev–Trinajstić information content (AvgIpc) is 2.94. The molecule has 1 fully saturated rings. The number of ether oxygens (including phenoxy) is 1. The Morgan fingerprint density at radius 3 is 2.59 bits per heavy atom. The predicted molar refractivity (Wildman–Crippen MR) is 93.7 cm³/mol. The Bertz CT molecular complexity index is 492. The SMILES string of the molecule is CN=C(NCc1ccc(C)s1)NCC1(N(C)C)CCOCC1. The van der Waals surface area contributed by atoms with E-state index in [-0.39, 0.29) is 5.54 Å². The second-order valence-electron chi connectivity index (χ2n) is 6.02. The molecule has 2 rings (SSSR count). The smallest absolute Gasteiger partial charge is 0.191 e. The van der Waals surface area contributed by atoms with Crippen LogP contribution in [0.25, 0.3) is 0 Å². The van der Waals surface area contributed by atoms with Gasteiger partial charge in [0.05, 0.1) is 6.54 Å². The lowest BCUT2D eigenvalue weighted by molar-refractivity contribution is -0.00501. The van der Waals surface area contributed by atoms with Gasteiger partial charge in [-0.05, 0) is 46.0 Å². The highest BCUT2D eigenvalue weighted by atomic mass is 32.1. The topological polar surface area (TPSA) is 48.9 Å². The second-order valence-corrected chi connectivity index (χ2v) is 7.40. The standard InChI is InChI=1S/C16H28N4OS/c1-13-5-6-14(22-13)11-18-15(17-2)19-12-16(20(3)4)7-9-21-10-8-16/h5-6H,7-12H2,1-4H3,(H2,17,18,19). The van der Waals surface area contributed by atoms with E-state index in [0.717, 1.165) is 45.1 Å². The van der Waals surface area contributed by atoms with E-state index in [9.17, 15) is 0 Å². The fourth-order valence-electron chi connectivity index (χ4n) is 2.75. The highest BCUT2D eigenvalue weighted by Crippen LogP contribution is 2.25. The Balaban J connectivity index is 1.86. The summed E-state index contributed by atoms with van der Waals surface area (Å²) >= 11 is 1.82. The van der Waals surface area contributed by atoms with Crippen LogP contribution in [0, 0.1) is 6.92 Å². The van der Waals surface area contributed by atoms with Gasteiger partial charge in [-0.15, -0.1) is 11.3 Å². The fraction of sp³-hybridized carbons (Fsp3) is 0.688. The lowest BCUT2D eigenvalue weighted by Gasteiger charge is -2.43. The van der Waals surface area contributed by atoms with Gasteiger partial charge in [0.2, 0.25) is 0 Å². The minimum Gasteiger partial charge on any atom is -0.381 e. The summed E-state index contributed by atoms with van der Waals surface area (Å²) in [6.45, 7) is 5.50. The first-order chi connectivity index (χ1) is 10.6. The highest BCUT2D eigenvalue weighted by Gasteiger charge is 2.34. The molecule has 1 aromatic heterocycles. The molecule has 0 amide bonds. The van der Waals surface area contributed by atoms with Crippen LogP contribution in [0.2, 0.25) is 0 Å². The molecule has 1 saturated heterocycles. The van der Waals surface area contributed by atoms with Gasteiger partial charge >= 0.3 is 0 Å². The van der Waals surface area contributed by atoms with Crippen molar-refractivity contribution in [3.05, 3.63) is 21.9 Å². The molecule has 1 aromatic rings. The van der Waals surface area contributed by atoms with Crippen LogP contribution < -0.4 is 10.6 Å². The van der Waals surface area contributed by atoms with Crippen molar-refractivity contribution in [2.75, 3.05) is 40.9 Å². The summed E-state index contributed by atoms with van der Waals surface area (Å²) < 4.78 is 5.52. The highest BCUT2D eigenvalue weighted by molar-refractivity contribution is 7.11. The summed E-state index contributed by atoms with van der Waals surface area (Å²) in [6.07, 6.45) is 2.10. The lowest BCUT2D eigenvalue weighted by Crippen LogP contribution is -2.57. The third-order valence-corrected chi connectivity index (χ3v) is 5.41. The molecule has 1 aliphatic rings. The van der Waals surface area contributed by atoms with Crippen molar-refractivity contribution in [3.8, 4) is 0 Å². The van der Waals surface area contributed by atoms with Crippen molar-refractivity contribution < 1.29 is 4.74 Å². The molecule has 124 valence electrons. The van der Waals surface area contributed by atoms with E-state index < -0.39 is 0 Å². The number of likely N-dealkylation sites (N-methyl/N-ethyl adjacent to an activating group) is 1. The van der Waals surface area contributed by atoms with Gasteiger partial charge in [0.1, 0.15) is 0 Å². The zero-order chi connectivity index (χ0) is 16.0. The molecular weight excluding hydrogens is 296 g/mol. The van der Waals surface area contributed by atoms with Crippen LogP contribution in [0.3, 0.4) is 0 Å². The van der Waals surface area contributed by atoms with Crippen molar-refractivity contribution in [2.24, 2.45) is 4.99 Å². The maximum atomic E-state index is 5.52. The summed E-state index contributed by atoms with van der Waals surface area (Å²) in [7, 11) is 6.12. The Labute approximate surface area is 137 Å². The Hall–Kier alpha value is -1.11. The van der Waals surface area contributed by atoms with Gasteiger partial charge in [0.25, 0.3) is 0 Å². The molecule has 0 radical (unpaired) electrons. The van der Waals surface area contributed by atoms with Crippen molar-refractivity contribution in [1.82, 2.24) is 15.5 Å². The normalized spacial score (nSPS) is 18.5. The van der Waals surface area contributed by atoms with Crippen LogP contribution in [0.1, 0.15) is 22.6 Å². The molecule has 0 aliphatic carbocycles. The van der Waals surface area contributed by atoms with Crippen LogP contribution in [0.5, 0.6) is 0 Å². The number of hydrogen-bond acceptors (Lipinski definition) is 4. The predicted octanol–water partition coefficient (Wildman–Crippen LogP) is 1.83. The first-order valence-electron chi connectivity index (χ1n) is 7.81. The monoisotopic (exact) mass is 324 g/mol. The zero-order valence-corrected chi connectivity index (χ0v) is 14.9. The summed E-state index contributed by atoms with van der Waals surface area (Å²) in [5.74, 6) is 0.860. The average molecular weight is 324 g/mol. The minimum absolute atomic E-state index is 0.148. The molecule has 0 spiro atoms. The van der Waals surface area contributed by atoms with Crippen LogP contribution >= 0.6 is 11.3 Å². The van der Waals surface area contributed by atoms with Gasteiger partial charge in [0, 0.05) is 42.1 Å². The first kappa shape index (κ1) is 17.2. The lowest BCUT2D eigenvalue weighted by atomic mass is 9.88. The van der Waals surface area contributed by atoms with Crippen LogP contribution in [0.4, 0.5) is 0 Å². The van der Waals surface area contributed by atoms with Gasteiger partial charge < -0.3 is 20.3 Å². The van der Waals surface area contributed by atoms with Crippen molar-refractivity contribution >= 4 is 17.3 Å². The molecule has 0 bridgehead atoms. The molecular formula is C16H28N4OS. The number of nitrogens with zero attached hydrogens (tertiary/aromatic N) is 2. The number of aryl methyl sites for hydroxylation is 1. The summed E-state index contributed by atoms with van der Waals surface area (Å²) in [4.78, 5) is 9.32. The van der Waals surface area contributed by atoms with E-state index in [4.69, 9.17) is 4.74 Å². The molecule has 0 atom stereocenters. The minimum atomic E-state index is 0.148. The Morgan fingerprint density at radius 1 is 1.32 bits per heavy atom. The Morgan fingerprint density at radius 2 is 2.05 bits per heavy atom. The number of guanidine groups is 1. The van der Waals surface area contributed by atoms with Crippen LogP contribution in [0.15, 0.2) is 17.1 Å². The Kier molecular flexibility index (Phi) is 6.23. The van der Waals surface area contributed by atoms with Gasteiger partial charge in [-0.25, -0.2) is 0 Å². The molecule has 0 aromatic carbocycles. The third-order valence-electron chi connectivity index (χ3n) is 4.41. The maximum absolute atomic E-state index is 5.52. The summed E-state index contributed by atoms with van der Waals surface area (Å²) in [5, 5.41) is 6.88. The maximum Gasteiger partial charge on any atom is 0.191 e. The molecule has 2 heterocycles. The van der Waals surface area contributed by atoms with E-state index in [0.29, 0.717) is 0 Å². The van der Waals surface area contributed by atoms with Crippen LogP contribution in [-0.4, -0.2) is 57.3 Å². The van der Waals surface area contributed by atoms with Crippen LogP contribution in [-0.2, 0) is 11.3 Å². The summed E-state index contributed by atoms with van der Waals surface area (Å²) in [6, 6.07) is 4.32. The number of nitrogens with one attached hydrogen (secondary N) is 2. The quantitative estimate of drug-likeness (QED) is 0.641. The molecule has 6 heteroatoms. The van der Waals surface area contributed by atoms with Crippen molar-refractivity contribution in [1.29, 1.82) is 0 Å². The number of thiophene rings is 1. The zero-order valence-electron chi connectivity index (χ0n) is 14.1. The second kappa shape index (κ2) is 7.94. The number of rotatable bonds is 5. The van der Waals surface area contributed by atoms with Gasteiger partial charge in [-0.1, -0.05) is 0 Å².